The smallest absolute Gasteiger partial charge is 0.171 e. The molecular formula is C20H23N7. The number of aryl methyl sites for hydroxylation is 1. The lowest BCUT2D eigenvalue weighted by molar-refractivity contribution is 0.577. The molecule has 3 aromatic rings. The lowest BCUT2D eigenvalue weighted by Gasteiger charge is -2.10. The number of nitrogens with zero attached hydrogens (tertiary/aromatic N) is 4. The molecule has 0 amide bonds. The van der Waals surface area contributed by atoms with E-state index in [9.17, 15) is 0 Å². The fourth-order valence-corrected chi connectivity index (χ4v) is 3.10. The maximum Gasteiger partial charge on any atom is 0.171 e. The first-order valence-corrected chi connectivity index (χ1v) is 9.24. The number of rotatable bonds is 7. The average molecular weight is 361 g/mol. The lowest BCUT2D eigenvalue weighted by atomic mass is 9.98. The number of aromatic nitrogens is 3. The highest BCUT2D eigenvalue weighted by Gasteiger charge is 2.13. The highest BCUT2D eigenvalue weighted by molar-refractivity contribution is 6.04. The third kappa shape index (κ3) is 3.98. The Labute approximate surface area is 158 Å². The van der Waals surface area contributed by atoms with Gasteiger partial charge in [-0.25, -0.2) is 15.2 Å². The van der Waals surface area contributed by atoms with Crippen molar-refractivity contribution in [1.82, 2.24) is 31.3 Å². The maximum atomic E-state index is 4.56. The SMILES string of the molecule is CCCCc1ncn(Cc2ccc(-c3ccccc3C3=NNNN3)cc2)n1. The van der Waals surface area contributed by atoms with Gasteiger partial charge in [-0.2, -0.15) is 5.10 Å². The van der Waals surface area contributed by atoms with Gasteiger partial charge in [-0.1, -0.05) is 61.9 Å². The van der Waals surface area contributed by atoms with E-state index >= 15 is 0 Å². The molecule has 7 nitrogen and oxygen atoms in total. The van der Waals surface area contributed by atoms with Crippen molar-refractivity contribution in [2.24, 2.45) is 5.10 Å². The van der Waals surface area contributed by atoms with E-state index in [4.69, 9.17) is 0 Å². The second-order valence-corrected chi connectivity index (χ2v) is 6.53. The first-order chi connectivity index (χ1) is 13.3. The Hall–Kier alpha value is -3.19. The van der Waals surface area contributed by atoms with Gasteiger partial charge in [0.1, 0.15) is 6.33 Å². The van der Waals surface area contributed by atoms with Crippen LogP contribution in [-0.4, -0.2) is 20.6 Å². The van der Waals surface area contributed by atoms with Gasteiger partial charge in [0.2, 0.25) is 0 Å². The van der Waals surface area contributed by atoms with E-state index < -0.39 is 0 Å². The van der Waals surface area contributed by atoms with E-state index in [1.807, 2.05) is 23.1 Å². The molecule has 1 aliphatic heterocycles. The summed E-state index contributed by atoms with van der Waals surface area (Å²) in [6.07, 6.45) is 5.05. The molecule has 1 aromatic heterocycles. The Balaban J connectivity index is 1.51. The average Bonchev–Trinajstić information content (AvgIpc) is 3.39. The van der Waals surface area contributed by atoms with Gasteiger partial charge in [0.15, 0.2) is 11.7 Å². The topological polar surface area (TPSA) is 79.2 Å². The second kappa shape index (κ2) is 8.01. The zero-order valence-electron chi connectivity index (χ0n) is 15.3. The Morgan fingerprint density at radius 2 is 1.81 bits per heavy atom. The van der Waals surface area contributed by atoms with E-state index in [2.05, 4.69) is 75.0 Å². The number of unbranched alkanes of at least 4 members (excludes halogenated alkanes) is 1. The minimum Gasteiger partial charge on any atom is -0.285 e. The van der Waals surface area contributed by atoms with Gasteiger partial charge in [0.05, 0.1) is 6.54 Å². The number of hydrazone groups is 1. The molecule has 0 unspecified atom stereocenters. The third-order valence-corrected chi connectivity index (χ3v) is 4.53. The summed E-state index contributed by atoms with van der Waals surface area (Å²) in [5, 5.41) is 8.77. The highest BCUT2D eigenvalue weighted by atomic mass is 15.8. The summed E-state index contributed by atoms with van der Waals surface area (Å²) in [4.78, 5) is 4.39. The Morgan fingerprint density at radius 3 is 2.56 bits per heavy atom. The van der Waals surface area contributed by atoms with E-state index in [-0.39, 0.29) is 0 Å². The maximum absolute atomic E-state index is 4.56. The van der Waals surface area contributed by atoms with Crippen LogP contribution in [0, 0.1) is 0 Å². The van der Waals surface area contributed by atoms with Gasteiger partial charge >= 0.3 is 0 Å². The fraction of sp³-hybridized carbons (Fsp3) is 0.250. The third-order valence-electron chi connectivity index (χ3n) is 4.53. The van der Waals surface area contributed by atoms with Crippen molar-refractivity contribution < 1.29 is 0 Å². The van der Waals surface area contributed by atoms with Crippen LogP contribution in [-0.2, 0) is 13.0 Å². The lowest BCUT2D eigenvalue weighted by Crippen LogP contribution is -2.35. The zero-order chi connectivity index (χ0) is 18.5. The summed E-state index contributed by atoms with van der Waals surface area (Å²) >= 11 is 0. The van der Waals surface area contributed by atoms with Gasteiger partial charge in [-0.15, -0.1) is 10.6 Å². The summed E-state index contributed by atoms with van der Waals surface area (Å²) in [7, 11) is 0. The van der Waals surface area contributed by atoms with Crippen LogP contribution in [0.5, 0.6) is 0 Å². The van der Waals surface area contributed by atoms with Crippen LogP contribution in [0.2, 0.25) is 0 Å². The van der Waals surface area contributed by atoms with Crippen molar-refractivity contribution in [3.63, 3.8) is 0 Å². The van der Waals surface area contributed by atoms with Crippen LogP contribution in [0.15, 0.2) is 60.0 Å². The fourth-order valence-electron chi connectivity index (χ4n) is 3.10. The monoisotopic (exact) mass is 361 g/mol. The molecule has 0 saturated heterocycles. The van der Waals surface area contributed by atoms with Crippen molar-refractivity contribution in [2.75, 3.05) is 0 Å². The van der Waals surface area contributed by atoms with Gasteiger partial charge in [0.25, 0.3) is 0 Å². The molecule has 0 radical (unpaired) electrons. The Bertz CT molecular complexity index is 928. The molecule has 27 heavy (non-hydrogen) atoms. The van der Waals surface area contributed by atoms with Gasteiger partial charge in [-0.05, 0) is 23.1 Å². The normalized spacial score (nSPS) is 13.1. The minimum atomic E-state index is 0.725. The molecule has 4 rings (SSSR count). The molecule has 138 valence electrons. The summed E-state index contributed by atoms with van der Waals surface area (Å²) in [5.74, 6) is 1.70. The van der Waals surface area contributed by atoms with E-state index in [1.54, 1.807) is 0 Å². The van der Waals surface area contributed by atoms with Crippen LogP contribution in [0.4, 0.5) is 0 Å². The highest BCUT2D eigenvalue weighted by Crippen LogP contribution is 2.24. The summed E-state index contributed by atoms with van der Waals surface area (Å²) < 4.78 is 1.91. The first kappa shape index (κ1) is 17.2. The van der Waals surface area contributed by atoms with Crippen LogP contribution in [0.25, 0.3) is 11.1 Å². The quantitative estimate of drug-likeness (QED) is 0.603. The predicted octanol–water partition coefficient (Wildman–Crippen LogP) is 2.61. The number of benzene rings is 2. The van der Waals surface area contributed by atoms with E-state index in [0.29, 0.717) is 0 Å². The number of hydrazine groups is 2. The summed E-state index contributed by atoms with van der Waals surface area (Å²) in [6, 6.07) is 16.8. The van der Waals surface area contributed by atoms with Crippen molar-refractivity contribution in [3.05, 3.63) is 71.8 Å². The van der Waals surface area contributed by atoms with E-state index in [1.165, 1.54) is 5.56 Å². The summed E-state index contributed by atoms with van der Waals surface area (Å²) in [5.41, 5.74) is 13.0. The van der Waals surface area contributed by atoms with Crippen molar-refractivity contribution in [3.8, 4) is 11.1 Å². The van der Waals surface area contributed by atoms with Crippen LogP contribution in [0.3, 0.4) is 0 Å². The molecule has 3 N–H and O–H groups in total. The molecule has 0 atom stereocenters. The largest absolute Gasteiger partial charge is 0.285 e. The molecule has 0 aliphatic carbocycles. The minimum absolute atomic E-state index is 0.725. The molecule has 0 saturated carbocycles. The molecule has 2 aromatic carbocycles. The van der Waals surface area contributed by atoms with Crippen LogP contribution < -0.4 is 16.5 Å². The van der Waals surface area contributed by atoms with Crippen molar-refractivity contribution >= 4 is 5.84 Å². The molecule has 1 aliphatic rings. The molecule has 0 bridgehead atoms. The number of hydrogen-bond donors (Lipinski definition) is 3. The zero-order valence-corrected chi connectivity index (χ0v) is 15.3. The van der Waals surface area contributed by atoms with Crippen molar-refractivity contribution in [2.45, 2.75) is 32.7 Å². The first-order valence-electron chi connectivity index (χ1n) is 9.24. The van der Waals surface area contributed by atoms with Crippen molar-refractivity contribution in [1.29, 1.82) is 0 Å². The molecule has 0 spiro atoms. The molecule has 0 fully saturated rings. The van der Waals surface area contributed by atoms with Gasteiger partial charge < -0.3 is 0 Å². The molecule has 2 heterocycles. The predicted molar refractivity (Wildman–Crippen MR) is 106 cm³/mol. The molecular weight excluding hydrogens is 338 g/mol. The second-order valence-electron chi connectivity index (χ2n) is 6.53. The standard InChI is InChI=1S/C20H23N7/c1-2-3-8-19-21-14-27(24-19)13-15-9-11-16(12-10-15)17-6-4-5-7-18(17)20-22-25-26-23-20/h4-7,9-12,14,25-26H,2-3,8,13H2,1H3,(H,22,23). The number of hydrogen-bond acceptors (Lipinski definition) is 6. The summed E-state index contributed by atoms with van der Waals surface area (Å²) in [6.45, 7) is 2.91. The number of amidine groups is 1. The Morgan fingerprint density at radius 1 is 1.00 bits per heavy atom. The van der Waals surface area contributed by atoms with Gasteiger partial charge in [0, 0.05) is 12.0 Å². The van der Waals surface area contributed by atoms with Crippen LogP contribution in [0.1, 0.15) is 36.7 Å². The molecule has 7 heteroatoms. The van der Waals surface area contributed by atoms with E-state index in [0.717, 1.165) is 54.2 Å². The van der Waals surface area contributed by atoms with Gasteiger partial charge in [-0.3, -0.25) is 5.43 Å². The number of nitrogens with one attached hydrogen (secondary N) is 3. The van der Waals surface area contributed by atoms with Crippen LogP contribution >= 0.6 is 0 Å². The Kier molecular flexibility index (Phi) is 5.11.